The van der Waals surface area contributed by atoms with Gasteiger partial charge in [0.2, 0.25) is 0 Å². The van der Waals surface area contributed by atoms with Crippen molar-refractivity contribution in [2.24, 2.45) is 5.92 Å². The van der Waals surface area contributed by atoms with Gasteiger partial charge in [0.1, 0.15) is 5.75 Å². The van der Waals surface area contributed by atoms with Crippen LogP contribution in [0, 0.1) is 5.92 Å². The maximum atomic E-state index is 5.41. The lowest BCUT2D eigenvalue weighted by Gasteiger charge is -2.07. The lowest BCUT2D eigenvalue weighted by molar-refractivity contribution is 0.416. The van der Waals surface area contributed by atoms with Gasteiger partial charge in [0.25, 0.3) is 0 Å². The first-order chi connectivity index (χ1) is 7.38. The zero-order chi connectivity index (χ0) is 10.3. The third kappa shape index (κ3) is 1.50. The number of hydrogen-bond donors (Lipinski definition) is 0. The van der Waals surface area contributed by atoms with Gasteiger partial charge >= 0.3 is 0 Å². The summed E-state index contributed by atoms with van der Waals surface area (Å²) in [6.45, 7) is 1.14. The second kappa shape index (κ2) is 3.30. The maximum absolute atomic E-state index is 5.41. The summed E-state index contributed by atoms with van der Waals surface area (Å²) >= 11 is 0. The van der Waals surface area contributed by atoms with E-state index in [1.807, 2.05) is 12.1 Å². The summed E-state index contributed by atoms with van der Waals surface area (Å²) in [6.07, 6.45) is 4.94. The van der Waals surface area contributed by atoms with Crippen LogP contribution in [0.15, 0.2) is 30.5 Å². The highest BCUT2D eigenvalue weighted by Gasteiger charge is 2.22. The molecular formula is C13H15NO. The van der Waals surface area contributed by atoms with Gasteiger partial charge in [-0.15, -0.1) is 0 Å². The molecule has 0 N–H and O–H groups in total. The van der Waals surface area contributed by atoms with Gasteiger partial charge in [-0.2, -0.15) is 0 Å². The lowest BCUT2D eigenvalue weighted by atomic mass is 10.2. The average molecular weight is 201 g/mol. The highest BCUT2D eigenvalue weighted by Crippen LogP contribution is 2.34. The fourth-order valence-electron chi connectivity index (χ4n) is 2.12. The fraction of sp³-hybridized carbons (Fsp3) is 0.385. The molecule has 1 aromatic carbocycles. The van der Waals surface area contributed by atoms with Crippen LogP contribution in [0.4, 0.5) is 0 Å². The van der Waals surface area contributed by atoms with E-state index in [0.29, 0.717) is 0 Å². The molecule has 1 aromatic heterocycles. The maximum Gasteiger partial charge on any atom is 0.143 e. The van der Waals surface area contributed by atoms with E-state index in [9.17, 15) is 0 Å². The molecule has 3 rings (SSSR count). The molecule has 15 heavy (non-hydrogen) atoms. The molecule has 1 saturated carbocycles. The van der Waals surface area contributed by atoms with Crippen LogP contribution in [0.25, 0.3) is 10.9 Å². The molecule has 1 heterocycles. The highest BCUT2D eigenvalue weighted by atomic mass is 16.5. The van der Waals surface area contributed by atoms with Crippen LogP contribution in [0.2, 0.25) is 0 Å². The average Bonchev–Trinajstić information content (AvgIpc) is 2.98. The molecule has 0 spiro atoms. The van der Waals surface area contributed by atoms with E-state index in [-0.39, 0.29) is 0 Å². The van der Waals surface area contributed by atoms with Crippen LogP contribution >= 0.6 is 0 Å². The summed E-state index contributed by atoms with van der Waals surface area (Å²) in [5.74, 6) is 1.88. The summed E-state index contributed by atoms with van der Waals surface area (Å²) in [5, 5.41) is 1.27. The van der Waals surface area contributed by atoms with Crippen molar-refractivity contribution in [1.29, 1.82) is 0 Å². The molecule has 2 nitrogen and oxygen atoms in total. The van der Waals surface area contributed by atoms with Crippen molar-refractivity contribution in [2.45, 2.75) is 19.4 Å². The number of fused-ring (bicyclic) bond motifs is 1. The van der Waals surface area contributed by atoms with E-state index < -0.39 is 0 Å². The first-order valence-electron chi connectivity index (χ1n) is 5.50. The zero-order valence-corrected chi connectivity index (χ0v) is 8.94. The minimum atomic E-state index is 0.894. The van der Waals surface area contributed by atoms with E-state index in [4.69, 9.17) is 4.74 Å². The van der Waals surface area contributed by atoms with Gasteiger partial charge in [-0.3, -0.25) is 0 Å². The van der Waals surface area contributed by atoms with Crippen LogP contribution in [-0.2, 0) is 6.54 Å². The molecule has 1 fully saturated rings. The lowest BCUT2D eigenvalue weighted by Crippen LogP contribution is -1.98. The third-order valence-corrected chi connectivity index (χ3v) is 3.12. The molecule has 2 heteroatoms. The number of rotatable bonds is 3. The zero-order valence-electron chi connectivity index (χ0n) is 8.94. The van der Waals surface area contributed by atoms with Crippen molar-refractivity contribution in [2.75, 3.05) is 7.11 Å². The Balaban J connectivity index is 2.11. The molecule has 0 saturated heterocycles. The Kier molecular flexibility index (Phi) is 1.94. The van der Waals surface area contributed by atoms with Crippen LogP contribution < -0.4 is 4.74 Å². The van der Waals surface area contributed by atoms with Crippen molar-refractivity contribution in [3.63, 3.8) is 0 Å². The second-order valence-electron chi connectivity index (χ2n) is 4.31. The Morgan fingerprint density at radius 3 is 2.93 bits per heavy atom. The van der Waals surface area contributed by atoms with E-state index in [1.165, 1.54) is 23.7 Å². The number of nitrogens with zero attached hydrogens (tertiary/aromatic N) is 1. The Hall–Kier alpha value is -1.44. The summed E-state index contributed by atoms with van der Waals surface area (Å²) in [6, 6.07) is 8.38. The van der Waals surface area contributed by atoms with Gasteiger partial charge in [-0.05, 0) is 30.9 Å². The number of aromatic nitrogens is 1. The second-order valence-corrected chi connectivity index (χ2v) is 4.31. The van der Waals surface area contributed by atoms with Gasteiger partial charge in [0, 0.05) is 18.1 Å². The first kappa shape index (κ1) is 8.84. The number of benzene rings is 1. The normalized spacial score (nSPS) is 15.8. The van der Waals surface area contributed by atoms with Crippen LogP contribution in [0.3, 0.4) is 0 Å². The number of ether oxygens (including phenoxy) is 1. The van der Waals surface area contributed by atoms with Gasteiger partial charge in [0.15, 0.2) is 0 Å². The first-order valence-corrected chi connectivity index (χ1v) is 5.50. The Morgan fingerprint density at radius 1 is 1.33 bits per heavy atom. The summed E-state index contributed by atoms with van der Waals surface area (Å²) in [4.78, 5) is 0. The molecule has 2 aromatic rings. The Labute approximate surface area is 89.5 Å². The predicted octanol–water partition coefficient (Wildman–Crippen LogP) is 3.06. The summed E-state index contributed by atoms with van der Waals surface area (Å²) in [5.41, 5.74) is 1.24. The van der Waals surface area contributed by atoms with Crippen LogP contribution in [0.1, 0.15) is 12.8 Å². The quantitative estimate of drug-likeness (QED) is 0.744. The molecule has 0 aliphatic heterocycles. The SMILES string of the molecule is COc1cccc2ccn(CC3CC3)c12. The fourth-order valence-corrected chi connectivity index (χ4v) is 2.12. The van der Waals surface area contributed by atoms with Gasteiger partial charge < -0.3 is 9.30 Å². The van der Waals surface area contributed by atoms with Gasteiger partial charge in [0.05, 0.1) is 12.6 Å². The molecule has 0 amide bonds. The van der Waals surface area contributed by atoms with E-state index >= 15 is 0 Å². The van der Waals surface area contributed by atoms with E-state index in [0.717, 1.165) is 18.2 Å². The number of methoxy groups -OCH3 is 1. The van der Waals surface area contributed by atoms with Crippen molar-refractivity contribution in [3.05, 3.63) is 30.5 Å². The minimum Gasteiger partial charge on any atom is -0.495 e. The molecule has 78 valence electrons. The van der Waals surface area contributed by atoms with Crippen LogP contribution in [0.5, 0.6) is 5.75 Å². The van der Waals surface area contributed by atoms with Crippen molar-refractivity contribution in [3.8, 4) is 5.75 Å². The summed E-state index contributed by atoms with van der Waals surface area (Å²) in [7, 11) is 1.74. The van der Waals surface area contributed by atoms with Crippen LogP contribution in [-0.4, -0.2) is 11.7 Å². The summed E-state index contributed by atoms with van der Waals surface area (Å²) < 4.78 is 7.73. The van der Waals surface area contributed by atoms with E-state index in [1.54, 1.807) is 7.11 Å². The molecule has 0 atom stereocenters. The van der Waals surface area contributed by atoms with Crippen molar-refractivity contribution in [1.82, 2.24) is 4.57 Å². The highest BCUT2D eigenvalue weighted by molar-refractivity contribution is 5.86. The minimum absolute atomic E-state index is 0.894. The van der Waals surface area contributed by atoms with Crippen molar-refractivity contribution >= 4 is 10.9 Å². The van der Waals surface area contributed by atoms with Crippen molar-refractivity contribution < 1.29 is 4.74 Å². The van der Waals surface area contributed by atoms with E-state index in [2.05, 4.69) is 22.9 Å². The Bertz CT molecular complexity index is 482. The smallest absolute Gasteiger partial charge is 0.143 e. The molecular weight excluding hydrogens is 186 g/mol. The number of para-hydroxylation sites is 1. The molecule has 0 unspecified atom stereocenters. The standard InChI is InChI=1S/C13H15NO/c1-15-12-4-2-3-11-7-8-14(13(11)12)9-10-5-6-10/h2-4,7-8,10H,5-6,9H2,1H3. The Morgan fingerprint density at radius 2 is 2.20 bits per heavy atom. The predicted molar refractivity (Wildman–Crippen MR) is 61.2 cm³/mol. The molecule has 0 bridgehead atoms. The third-order valence-electron chi connectivity index (χ3n) is 3.12. The van der Waals surface area contributed by atoms with Gasteiger partial charge in [-0.1, -0.05) is 12.1 Å². The topological polar surface area (TPSA) is 14.2 Å². The number of hydrogen-bond acceptors (Lipinski definition) is 1. The monoisotopic (exact) mass is 201 g/mol. The van der Waals surface area contributed by atoms with Gasteiger partial charge in [-0.25, -0.2) is 0 Å². The molecule has 1 aliphatic carbocycles. The largest absolute Gasteiger partial charge is 0.495 e. The molecule has 1 aliphatic rings. The molecule has 0 radical (unpaired) electrons.